The van der Waals surface area contributed by atoms with Gasteiger partial charge in [0.25, 0.3) is 5.91 Å². The lowest BCUT2D eigenvalue weighted by molar-refractivity contribution is 0.102. The third kappa shape index (κ3) is 3.08. The normalized spacial score (nSPS) is 10.7. The van der Waals surface area contributed by atoms with Crippen LogP contribution in [0.4, 0.5) is 5.69 Å². The molecule has 0 aliphatic rings. The fourth-order valence-corrected chi connectivity index (χ4v) is 2.23. The zero-order valence-corrected chi connectivity index (χ0v) is 12.5. The van der Waals surface area contributed by atoms with Crippen molar-refractivity contribution in [3.63, 3.8) is 0 Å². The van der Waals surface area contributed by atoms with Crippen molar-refractivity contribution < 1.29 is 4.79 Å². The van der Waals surface area contributed by atoms with Crippen LogP contribution in [0.1, 0.15) is 46.8 Å². The fraction of sp³-hybridized carbons (Fsp3) is 0.278. The smallest absolute Gasteiger partial charge is 0.255 e. The Hall–Kier alpha value is -2.09. The van der Waals surface area contributed by atoms with Crippen LogP contribution in [0.3, 0.4) is 0 Å². The van der Waals surface area contributed by atoms with E-state index in [4.69, 9.17) is 0 Å². The quantitative estimate of drug-likeness (QED) is 0.859. The highest BCUT2D eigenvalue weighted by Gasteiger charge is 2.13. The van der Waals surface area contributed by atoms with Crippen LogP contribution in [0.2, 0.25) is 0 Å². The molecule has 0 aromatic heterocycles. The van der Waals surface area contributed by atoms with Gasteiger partial charge in [-0.1, -0.05) is 49.7 Å². The number of hydrogen-bond donors (Lipinski definition) is 1. The molecule has 2 aromatic rings. The number of rotatable bonds is 3. The third-order valence-electron chi connectivity index (χ3n) is 3.48. The van der Waals surface area contributed by atoms with Crippen LogP contribution in [0.15, 0.2) is 42.5 Å². The SMILES string of the molecule is Cc1ccc(C(=O)Nc2c(C)cccc2C(C)C)cc1. The molecule has 0 saturated heterocycles. The van der Waals surface area contributed by atoms with Gasteiger partial charge in [0, 0.05) is 11.3 Å². The highest BCUT2D eigenvalue weighted by molar-refractivity contribution is 6.05. The molecule has 0 aliphatic heterocycles. The molecule has 0 radical (unpaired) electrons. The molecule has 0 spiro atoms. The molecule has 2 heteroatoms. The van der Waals surface area contributed by atoms with Gasteiger partial charge in [-0.2, -0.15) is 0 Å². The summed E-state index contributed by atoms with van der Waals surface area (Å²) < 4.78 is 0. The highest BCUT2D eigenvalue weighted by atomic mass is 16.1. The van der Waals surface area contributed by atoms with Crippen molar-refractivity contribution in [3.8, 4) is 0 Å². The zero-order valence-electron chi connectivity index (χ0n) is 12.5. The maximum atomic E-state index is 12.3. The predicted octanol–water partition coefficient (Wildman–Crippen LogP) is 4.68. The minimum atomic E-state index is -0.0544. The number of benzene rings is 2. The molecule has 1 N–H and O–H groups in total. The largest absolute Gasteiger partial charge is 0.321 e. The van der Waals surface area contributed by atoms with Crippen molar-refractivity contribution in [2.24, 2.45) is 0 Å². The van der Waals surface area contributed by atoms with Crippen LogP contribution in [-0.2, 0) is 0 Å². The minimum Gasteiger partial charge on any atom is -0.321 e. The molecule has 0 aliphatic carbocycles. The minimum absolute atomic E-state index is 0.0544. The Labute approximate surface area is 120 Å². The summed E-state index contributed by atoms with van der Waals surface area (Å²) in [6, 6.07) is 13.8. The molecule has 2 nitrogen and oxygen atoms in total. The molecule has 2 rings (SSSR count). The van der Waals surface area contributed by atoms with Crippen molar-refractivity contribution >= 4 is 11.6 Å². The maximum Gasteiger partial charge on any atom is 0.255 e. The van der Waals surface area contributed by atoms with Crippen LogP contribution in [0.5, 0.6) is 0 Å². The van der Waals surface area contributed by atoms with E-state index in [9.17, 15) is 4.79 Å². The molecule has 0 atom stereocenters. The molecule has 0 unspecified atom stereocenters. The van der Waals surface area contributed by atoms with E-state index in [2.05, 4.69) is 25.2 Å². The van der Waals surface area contributed by atoms with E-state index in [0.717, 1.165) is 16.8 Å². The van der Waals surface area contributed by atoms with E-state index >= 15 is 0 Å². The van der Waals surface area contributed by atoms with E-state index in [1.165, 1.54) is 5.56 Å². The van der Waals surface area contributed by atoms with Crippen LogP contribution < -0.4 is 5.32 Å². The monoisotopic (exact) mass is 267 g/mol. The summed E-state index contributed by atoms with van der Waals surface area (Å²) in [5.41, 5.74) is 5.05. The van der Waals surface area contributed by atoms with E-state index in [1.54, 1.807) is 0 Å². The lowest BCUT2D eigenvalue weighted by atomic mass is 9.98. The second-order valence-corrected chi connectivity index (χ2v) is 5.51. The average molecular weight is 267 g/mol. The lowest BCUT2D eigenvalue weighted by Gasteiger charge is -2.16. The van der Waals surface area contributed by atoms with Crippen LogP contribution in [-0.4, -0.2) is 5.91 Å². The van der Waals surface area contributed by atoms with Crippen molar-refractivity contribution in [1.82, 2.24) is 0 Å². The number of hydrogen-bond acceptors (Lipinski definition) is 1. The second-order valence-electron chi connectivity index (χ2n) is 5.51. The molecular weight excluding hydrogens is 246 g/mol. The van der Waals surface area contributed by atoms with Gasteiger partial charge in [-0.25, -0.2) is 0 Å². The van der Waals surface area contributed by atoms with Crippen molar-refractivity contribution in [3.05, 3.63) is 64.7 Å². The van der Waals surface area contributed by atoms with Gasteiger partial charge in [0.05, 0.1) is 0 Å². The summed E-state index contributed by atoms with van der Waals surface area (Å²) in [6.45, 7) is 8.31. The van der Waals surface area contributed by atoms with Gasteiger partial charge < -0.3 is 5.32 Å². The first-order valence-electron chi connectivity index (χ1n) is 6.96. The van der Waals surface area contributed by atoms with Gasteiger partial charge in [-0.3, -0.25) is 4.79 Å². The van der Waals surface area contributed by atoms with Crippen LogP contribution >= 0.6 is 0 Å². The Kier molecular flexibility index (Phi) is 4.23. The highest BCUT2D eigenvalue weighted by Crippen LogP contribution is 2.27. The Morgan fingerprint density at radius 3 is 2.25 bits per heavy atom. The molecular formula is C18H21NO. The van der Waals surface area contributed by atoms with E-state index in [0.29, 0.717) is 11.5 Å². The first kappa shape index (κ1) is 14.3. The summed E-state index contributed by atoms with van der Waals surface area (Å²) in [4.78, 5) is 12.3. The first-order valence-corrected chi connectivity index (χ1v) is 6.96. The Bertz CT molecular complexity index is 612. The van der Waals surface area contributed by atoms with Gasteiger partial charge in [-0.15, -0.1) is 0 Å². The molecule has 2 aromatic carbocycles. The predicted molar refractivity (Wildman–Crippen MR) is 84.4 cm³/mol. The third-order valence-corrected chi connectivity index (χ3v) is 3.48. The number of aryl methyl sites for hydroxylation is 2. The maximum absolute atomic E-state index is 12.3. The van der Waals surface area contributed by atoms with Crippen molar-refractivity contribution in [2.45, 2.75) is 33.6 Å². The van der Waals surface area contributed by atoms with E-state index in [-0.39, 0.29) is 5.91 Å². The van der Waals surface area contributed by atoms with E-state index in [1.807, 2.05) is 50.2 Å². The summed E-state index contributed by atoms with van der Waals surface area (Å²) in [7, 11) is 0. The fourth-order valence-electron chi connectivity index (χ4n) is 2.23. The van der Waals surface area contributed by atoms with Gasteiger partial charge in [-0.05, 0) is 43.0 Å². The summed E-state index contributed by atoms with van der Waals surface area (Å²) in [5, 5.41) is 3.06. The molecule has 0 heterocycles. The topological polar surface area (TPSA) is 29.1 Å². The molecule has 1 amide bonds. The molecule has 20 heavy (non-hydrogen) atoms. The average Bonchev–Trinajstić information content (AvgIpc) is 2.41. The summed E-state index contributed by atoms with van der Waals surface area (Å²) in [6.07, 6.45) is 0. The summed E-state index contributed by atoms with van der Waals surface area (Å²) >= 11 is 0. The van der Waals surface area contributed by atoms with Gasteiger partial charge in [0.15, 0.2) is 0 Å². The van der Waals surface area contributed by atoms with Gasteiger partial charge >= 0.3 is 0 Å². The number of anilines is 1. The van der Waals surface area contributed by atoms with Gasteiger partial charge in [0.1, 0.15) is 0 Å². The van der Waals surface area contributed by atoms with Crippen LogP contribution in [0, 0.1) is 13.8 Å². The summed E-state index contributed by atoms with van der Waals surface area (Å²) in [5.74, 6) is 0.324. The molecule has 0 fully saturated rings. The Morgan fingerprint density at radius 2 is 1.65 bits per heavy atom. The molecule has 0 saturated carbocycles. The Balaban J connectivity index is 2.30. The van der Waals surface area contributed by atoms with Crippen molar-refractivity contribution in [1.29, 1.82) is 0 Å². The van der Waals surface area contributed by atoms with Crippen LogP contribution in [0.25, 0.3) is 0 Å². The molecule has 0 bridgehead atoms. The number of para-hydroxylation sites is 1. The van der Waals surface area contributed by atoms with Gasteiger partial charge in [0.2, 0.25) is 0 Å². The van der Waals surface area contributed by atoms with Crippen molar-refractivity contribution in [2.75, 3.05) is 5.32 Å². The molecule has 104 valence electrons. The van der Waals surface area contributed by atoms with E-state index < -0.39 is 0 Å². The Morgan fingerprint density at radius 1 is 1.00 bits per heavy atom. The first-order chi connectivity index (χ1) is 9.49. The number of carbonyl (C=O) groups is 1. The number of nitrogens with one attached hydrogen (secondary N) is 1. The number of amides is 1. The standard InChI is InChI=1S/C18H21NO/c1-12(2)16-7-5-6-14(4)17(16)19-18(20)15-10-8-13(3)9-11-15/h5-12H,1-4H3,(H,19,20). The number of carbonyl (C=O) groups excluding carboxylic acids is 1. The zero-order chi connectivity index (χ0) is 14.7. The second kappa shape index (κ2) is 5.91. The lowest BCUT2D eigenvalue weighted by Crippen LogP contribution is -2.14.